The van der Waals surface area contributed by atoms with Crippen molar-refractivity contribution >= 4 is 33.2 Å². The van der Waals surface area contributed by atoms with Crippen LogP contribution < -0.4 is 10.0 Å². The van der Waals surface area contributed by atoms with Crippen LogP contribution in [0.3, 0.4) is 0 Å². The first kappa shape index (κ1) is 22.8. The molecular formula is C24H25ClN2O3S. The van der Waals surface area contributed by atoms with Crippen LogP contribution in [0.4, 0.5) is 5.69 Å². The number of hydrogen-bond donors (Lipinski definition) is 2. The van der Waals surface area contributed by atoms with Crippen LogP contribution in [-0.4, -0.2) is 14.3 Å². The standard InChI is InChI=1S/C24H25ClN2O3S/c1-4-18-9-11-19(12-10-18)17(3)26-24(28)20-13-14-21(25)23(15-20)31(29,30)27-22-8-6-5-7-16(22)2/h5-15,17,27H,4H2,1-3H3,(H,26,28). The van der Waals surface area contributed by atoms with Gasteiger partial charge in [-0.05, 0) is 61.2 Å². The summed E-state index contributed by atoms with van der Waals surface area (Å²) in [6, 6.07) is 19.0. The number of sulfonamides is 1. The van der Waals surface area contributed by atoms with E-state index >= 15 is 0 Å². The third-order valence-electron chi connectivity index (χ3n) is 5.11. The topological polar surface area (TPSA) is 75.3 Å². The number of amides is 1. The summed E-state index contributed by atoms with van der Waals surface area (Å²) >= 11 is 6.17. The molecule has 0 spiro atoms. The lowest BCUT2D eigenvalue weighted by Crippen LogP contribution is -2.27. The molecule has 162 valence electrons. The van der Waals surface area contributed by atoms with Crippen LogP contribution in [0.5, 0.6) is 0 Å². The Morgan fingerprint density at radius 2 is 1.71 bits per heavy atom. The molecule has 0 saturated heterocycles. The monoisotopic (exact) mass is 456 g/mol. The fourth-order valence-corrected chi connectivity index (χ4v) is 4.80. The molecule has 0 aliphatic rings. The number of rotatable bonds is 7. The molecule has 0 aliphatic heterocycles. The van der Waals surface area contributed by atoms with E-state index in [2.05, 4.69) is 17.0 Å². The lowest BCUT2D eigenvalue weighted by molar-refractivity contribution is 0.0939. The van der Waals surface area contributed by atoms with Gasteiger partial charge in [-0.15, -0.1) is 0 Å². The number of nitrogens with one attached hydrogen (secondary N) is 2. The third kappa shape index (κ3) is 5.46. The Morgan fingerprint density at radius 1 is 1.03 bits per heavy atom. The van der Waals surface area contributed by atoms with Gasteiger partial charge in [-0.25, -0.2) is 8.42 Å². The van der Waals surface area contributed by atoms with Gasteiger partial charge in [0.15, 0.2) is 0 Å². The minimum atomic E-state index is -3.97. The molecule has 1 amide bonds. The summed E-state index contributed by atoms with van der Waals surface area (Å²) in [6.45, 7) is 5.77. The fourth-order valence-electron chi connectivity index (χ4n) is 3.14. The van der Waals surface area contributed by atoms with Gasteiger partial charge < -0.3 is 5.32 Å². The van der Waals surface area contributed by atoms with Crippen molar-refractivity contribution in [3.63, 3.8) is 0 Å². The maximum absolute atomic E-state index is 12.9. The van der Waals surface area contributed by atoms with Gasteiger partial charge in [-0.2, -0.15) is 0 Å². The average molecular weight is 457 g/mol. The molecular weight excluding hydrogens is 432 g/mol. The molecule has 0 bridgehead atoms. The maximum Gasteiger partial charge on any atom is 0.263 e. The molecule has 3 rings (SSSR count). The third-order valence-corrected chi connectivity index (χ3v) is 6.95. The lowest BCUT2D eigenvalue weighted by Gasteiger charge is -2.16. The number of aryl methyl sites for hydroxylation is 2. The van der Waals surface area contributed by atoms with Crippen LogP contribution in [0.2, 0.25) is 5.02 Å². The molecule has 2 N–H and O–H groups in total. The van der Waals surface area contributed by atoms with E-state index in [0.29, 0.717) is 5.69 Å². The quantitative estimate of drug-likeness (QED) is 0.492. The molecule has 5 nitrogen and oxygen atoms in total. The van der Waals surface area contributed by atoms with Crippen LogP contribution in [0.1, 0.15) is 46.9 Å². The van der Waals surface area contributed by atoms with Gasteiger partial charge >= 0.3 is 0 Å². The van der Waals surface area contributed by atoms with Crippen LogP contribution in [-0.2, 0) is 16.4 Å². The maximum atomic E-state index is 12.9. The molecule has 0 fully saturated rings. The van der Waals surface area contributed by atoms with E-state index in [9.17, 15) is 13.2 Å². The Balaban J connectivity index is 1.82. The van der Waals surface area contributed by atoms with Crippen molar-refractivity contribution in [2.75, 3.05) is 4.72 Å². The summed E-state index contributed by atoms with van der Waals surface area (Å²) in [4.78, 5) is 12.6. The summed E-state index contributed by atoms with van der Waals surface area (Å²) < 4.78 is 28.4. The highest BCUT2D eigenvalue weighted by Crippen LogP contribution is 2.26. The van der Waals surface area contributed by atoms with Crippen LogP contribution >= 0.6 is 11.6 Å². The number of anilines is 1. The normalized spacial score (nSPS) is 12.3. The zero-order valence-corrected chi connectivity index (χ0v) is 19.2. The van der Waals surface area contributed by atoms with E-state index in [1.807, 2.05) is 37.3 Å². The SMILES string of the molecule is CCc1ccc(C(C)NC(=O)c2ccc(Cl)c(S(=O)(=O)Nc3ccccc3C)c2)cc1. The van der Waals surface area contributed by atoms with Crippen molar-refractivity contribution in [2.24, 2.45) is 0 Å². The number of carbonyl (C=O) groups excluding carboxylic acids is 1. The predicted molar refractivity (Wildman–Crippen MR) is 125 cm³/mol. The van der Waals surface area contributed by atoms with Crippen LogP contribution in [0.25, 0.3) is 0 Å². The van der Waals surface area contributed by atoms with Crippen molar-refractivity contribution in [1.29, 1.82) is 0 Å². The number of hydrogen-bond acceptors (Lipinski definition) is 3. The molecule has 0 aliphatic carbocycles. The van der Waals surface area contributed by atoms with Gasteiger partial charge in [0.1, 0.15) is 4.90 Å². The van der Waals surface area contributed by atoms with Gasteiger partial charge in [0.25, 0.3) is 15.9 Å². The van der Waals surface area contributed by atoms with E-state index in [1.54, 1.807) is 25.1 Å². The molecule has 0 aromatic heterocycles. The number of carbonyl (C=O) groups is 1. The molecule has 1 atom stereocenters. The van der Waals surface area contributed by atoms with Crippen molar-refractivity contribution in [1.82, 2.24) is 5.32 Å². The number of halogens is 1. The fraction of sp³-hybridized carbons (Fsp3) is 0.208. The van der Waals surface area contributed by atoms with Crippen molar-refractivity contribution in [2.45, 2.75) is 38.1 Å². The Kier molecular flexibility index (Phi) is 7.03. The Hall–Kier alpha value is -2.83. The molecule has 0 saturated carbocycles. The molecule has 31 heavy (non-hydrogen) atoms. The Morgan fingerprint density at radius 3 is 2.35 bits per heavy atom. The van der Waals surface area contributed by atoms with Crippen molar-refractivity contribution < 1.29 is 13.2 Å². The summed E-state index contributed by atoms with van der Waals surface area (Å²) in [5, 5.41) is 2.95. The second kappa shape index (κ2) is 9.54. The second-order valence-corrected chi connectivity index (χ2v) is 9.41. The van der Waals surface area contributed by atoms with Gasteiger partial charge in [0.2, 0.25) is 0 Å². The van der Waals surface area contributed by atoms with E-state index in [0.717, 1.165) is 17.5 Å². The second-order valence-electron chi connectivity index (χ2n) is 7.36. The molecule has 0 radical (unpaired) electrons. The largest absolute Gasteiger partial charge is 0.346 e. The van der Waals surface area contributed by atoms with Gasteiger partial charge in [0, 0.05) is 5.56 Å². The van der Waals surface area contributed by atoms with E-state index < -0.39 is 10.0 Å². The summed E-state index contributed by atoms with van der Waals surface area (Å²) in [7, 11) is -3.97. The van der Waals surface area contributed by atoms with Gasteiger partial charge in [-0.1, -0.05) is 61.0 Å². The summed E-state index contributed by atoms with van der Waals surface area (Å²) in [6.07, 6.45) is 0.944. The number of benzene rings is 3. The Labute approximate surface area is 188 Å². The van der Waals surface area contributed by atoms with Crippen molar-refractivity contribution in [3.8, 4) is 0 Å². The van der Waals surface area contributed by atoms with Crippen molar-refractivity contribution in [3.05, 3.63) is 94.0 Å². The predicted octanol–water partition coefficient (Wildman–Crippen LogP) is 5.50. The molecule has 3 aromatic carbocycles. The molecule has 3 aromatic rings. The first-order chi connectivity index (χ1) is 14.7. The highest BCUT2D eigenvalue weighted by Gasteiger charge is 2.21. The zero-order valence-electron chi connectivity index (χ0n) is 17.6. The van der Waals surface area contributed by atoms with E-state index in [1.165, 1.54) is 23.8 Å². The Bertz CT molecular complexity index is 1190. The summed E-state index contributed by atoms with van der Waals surface area (Å²) in [5.74, 6) is -0.379. The van der Waals surface area contributed by atoms with Gasteiger partial charge in [0.05, 0.1) is 16.8 Å². The minimum absolute atomic E-state index is 0.0424. The molecule has 1 unspecified atom stereocenters. The zero-order chi connectivity index (χ0) is 22.6. The highest BCUT2D eigenvalue weighted by atomic mass is 35.5. The smallest absolute Gasteiger partial charge is 0.263 e. The highest BCUT2D eigenvalue weighted by molar-refractivity contribution is 7.92. The first-order valence-electron chi connectivity index (χ1n) is 9.99. The van der Waals surface area contributed by atoms with E-state index in [4.69, 9.17) is 11.6 Å². The molecule has 7 heteroatoms. The van der Waals surface area contributed by atoms with Crippen LogP contribution in [0, 0.1) is 6.92 Å². The molecule has 0 heterocycles. The minimum Gasteiger partial charge on any atom is -0.346 e. The number of para-hydroxylation sites is 1. The van der Waals surface area contributed by atoms with Gasteiger partial charge in [-0.3, -0.25) is 9.52 Å². The summed E-state index contributed by atoms with van der Waals surface area (Å²) in [5.41, 5.74) is 3.63. The first-order valence-corrected chi connectivity index (χ1v) is 11.8. The lowest BCUT2D eigenvalue weighted by atomic mass is 10.0. The van der Waals surface area contributed by atoms with E-state index in [-0.39, 0.29) is 27.4 Å². The average Bonchev–Trinajstić information content (AvgIpc) is 2.75. The van der Waals surface area contributed by atoms with Crippen LogP contribution in [0.15, 0.2) is 71.6 Å².